The molecule has 0 aliphatic rings. The van der Waals surface area contributed by atoms with E-state index in [4.69, 9.17) is 0 Å². The molecule has 116 valence electrons. The molecule has 1 heterocycles. The first-order valence-corrected chi connectivity index (χ1v) is 8.49. The summed E-state index contributed by atoms with van der Waals surface area (Å²) in [5, 5.41) is 5.81. The molecule has 4 heteroatoms. The van der Waals surface area contributed by atoms with Crippen molar-refractivity contribution in [2.24, 2.45) is 5.41 Å². The molecule has 1 aromatic rings. The first-order chi connectivity index (χ1) is 9.24. The van der Waals surface area contributed by atoms with Crippen LogP contribution in [-0.4, -0.2) is 35.6 Å². The van der Waals surface area contributed by atoms with Crippen LogP contribution in [-0.2, 0) is 6.54 Å². The summed E-state index contributed by atoms with van der Waals surface area (Å²) in [4.78, 5) is 6.78. The lowest BCUT2D eigenvalue weighted by Gasteiger charge is -2.36. The Hall–Kier alpha value is -0.450. The molecule has 0 saturated carbocycles. The Morgan fingerprint density at radius 3 is 2.50 bits per heavy atom. The van der Waals surface area contributed by atoms with Gasteiger partial charge in [-0.15, -0.1) is 11.3 Å². The van der Waals surface area contributed by atoms with E-state index in [0.717, 1.165) is 19.6 Å². The average Bonchev–Trinajstić information content (AvgIpc) is 2.78. The fraction of sp³-hybridized carbons (Fsp3) is 0.812. The van der Waals surface area contributed by atoms with Gasteiger partial charge < -0.3 is 5.32 Å². The summed E-state index contributed by atoms with van der Waals surface area (Å²) in [5.41, 5.74) is 3.59. The van der Waals surface area contributed by atoms with E-state index in [-0.39, 0.29) is 5.54 Å². The minimum absolute atomic E-state index is 0.183. The molecule has 0 aromatic carbocycles. The molecule has 0 aliphatic heterocycles. The Kier molecular flexibility index (Phi) is 6.62. The van der Waals surface area contributed by atoms with Crippen molar-refractivity contribution < 1.29 is 0 Å². The second-order valence-electron chi connectivity index (χ2n) is 7.32. The number of aromatic nitrogens is 1. The number of thiazole rings is 1. The van der Waals surface area contributed by atoms with Crippen LogP contribution in [0.4, 0.5) is 0 Å². The van der Waals surface area contributed by atoms with Crippen LogP contribution in [0.1, 0.15) is 53.2 Å². The first-order valence-electron chi connectivity index (χ1n) is 7.55. The van der Waals surface area contributed by atoms with Crippen LogP contribution < -0.4 is 5.32 Å². The highest BCUT2D eigenvalue weighted by Gasteiger charge is 2.27. The van der Waals surface area contributed by atoms with Crippen LogP contribution in [0.25, 0.3) is 0 Å². The zero-order chi connectivity index (χ0) is 15.2. The van der Waals surface area contributed by atoms with Crippen LogP contribution in [0.5, 0.6) is 0 Å². The molecule has 0 fully saturated rings. The molecule has 1 atom stereocenters. The number of hydrogen-bond acceptors (Lipinski definition) is 4. The van der Waals surface area contributed by atoms with Gasteiger partial charge >= 0.3 is 0 Å². The highest BCUT2D eigenvalue weighted by molar-refractivity contribution is 7.07. The Bertz CT molecular complexity index is 370. The second-order valence-corrected chi connectivity index (χ2v) is 8.03. The van der Waals surface area contributed by atoms with Gasteiger partial charge in [-0.1, -0.05) is 20.3 Å². The lowest BCUT2D eigenvalue weighted by atomic mass is 9.84. The molecule has 3 nitrogen and oxygen atoms in total. The molecular formula is C16H31N3S. The van der Waals surface area contributed by atoms with Crippen molar-refractivity contribution >= 4 is 11.3 Å². The van der Waals surface area contributed by atoms with Crippen LogP contribution in [0.15, 0.2) is 10.9 Å². The summed E-state index contributed by atoms with van der Waals surface area (Å²) in [6.07, 6.45) is 2.48. The van der Waals surface area contributed by atoms with E-state index >= 15 is 0 Å². The van der Waals surface area contributed by atoms with Crippen molar-refractivity contribution in [1.29, 1.82) is 0 Å². The van der Waals surface area contributed by atoms with E-state index in [2.05, 4.69) is 62.2 Å². The molecule has 20 heavy (non-hydrogen) atoms. The van der Waals surface area contributed by atoms with Gasteiger partial charge in [0.25, 0.3) is 0 Å². The normalized spacial score (nSPS) is 15.6. The van der Waals surface area contributed by atoms with Crippen molar-refractivity contribution in [3.63, 3.8) is 0 Å². The summed E-state index contributed by atoms with van der Waals surface area (Å²) < 4.78 is 0. The largest absolute Gasteiger partial charge is 0.311 e. The monoisotopic (exact) mass is 297 g/mol. The molecule has 0 spiro atoms. The van der Waals surface area contributed by atoms with Crippen molar-refractivity contribution in [2.45, 2.75) is 59.5 Å². The van der Waals surface area contributed by atoms with E-state index in [1.54, 1.807) is 11.3 Å². The molecule has 1 N–H and O–H groups in total. The number of rotatable bonds is 8. The quantitative estimate of drug-likeness (QED) is 0.791. The SMILES string of the molecule is CCCC(C)(CNC(C)(C)C)CN(C)Cc1cscn1. The third-order valence-electron chi connectivity index (χ3n) is 3.47. The van der Waals surface area contributed by atoms with Gasteiger partial charge in [0, 0.05) is 30.6 Å². The van der Waals surface area contributed by atoms with Gasteiger partial charge in [0.05, 0.1) is 11.2 Å². The topological polar surface area (TPSA) is 28.2 Å². The summed E-state index contributed by atoms with van der Waals surface area (Å²) in [7, 11) is 2.20. The molecule has 1 aromatic heterocycles. The molecule has 0 radical (unpaired) electrons. The predicted octanol–water partition coefficient (Wildman–Crippen LogP) is 3.77. The lowest BCUT2D eigenvalue weighted by molar-refractivity contribution is 0.156. The molecule has 1 rings (SSSR count). The maximum Gasteiger partial charge on any atom is 0.0795 e. The van der Waals surface area contributed by atoms with Crippen molar-refractivity contribution in [2.75, 3.05) is 20.1 Å². The van der Waals surface area contributed by atoms with E-state index < -0.39 is 0 Å². The number of nitrogens with one attached hydrogen (secondary N) is 1. The van der Waals surface area contributed by atoms with Crippen molar-refractivity contribution in [3.05, 3.63) is 16.6 Å². The van der Waals surface area contributed by atoms with Gasteiger partial charge in [-0.25, -0.2) is 4.98 Å². The third-order valence-corrected chi connectivity index (χ3v) is 4.10. The number of hydrogen-bond donors (Lipinski definition) is 1. The van der Waals surface area contributed by atoms with Crippen molar-refractivity contribution in [1.82, 2.24) is 15.2 Å². The van der Waals surface area contributed by atoms with E-state index in [1.807, 2.05) is 5.51 Å². The maximum atomic E-state index is 4.38. The van der Waals surface area contributed by atoms with E-state index in [0.29, 0.717) is 5.41 Å². The van der Waals surface area contributed by atoms with E-state index in [1.165, 1.54) is 18.5 Å². The fourth-order valence-corrected chi connectivity index (χ4v) is 3.15. The van der Waals surface area contributed by atoms with Crippen LogP contribution in [0, 0.1) is 5.41 Å². The van der Waals surface area contributed by atoms with Gasteiger partial charge in [0.2, 0.25) is 0 Å². The average molecular weight is 298 g/mol. The zero-order valence-corrected chi connectivity index (χ0v) is 14.8. The van der Waals surface area contributed by atoms with E-state index in [9.17, 15) is 0 Å². The Balaban J connectivity index is 2.55. The molecular weight excluding hydrogens is 266 g/mol. The van der Waals surface area contributed by atoms with Crippen LogP contribution in [0.3, 0.4) is 0 Å². The summed E-state index contributed by atoms with van der Waals surface area (Å²) in [6.45, 7) is 14.5. The molecule has 0 saturated heterocycles. The van der Waals surface area contributed by atoms with Crippen LogP contribution in [0.2, 0.25) is 0 Å². The first kappa shape index (κ1) is 17.6. The Morgan fingerprint density at radius 2 is 2.00 bits per heavy atom. The second kappa shape index (κ2) is 7.53. The van der Waals surface area contributed by atoms with Crippen molar-refractivity contribution in [3.8, 4) is 0 Å². The molecule has 0 aliphatic carbocycles. The minimum atomic E-state index is 0.183. The molecule has 0 bridgehead atoms. The standard InChI is InChI=1S/C16H31N3S/c1-7-8-16(5,11-18-15(2,3)4)12-19(6)9-14-10-20-13-17-14/h10,13,18H,7-9,11-12H2,1-6H3. The Morgan fingerprint density at radius 1 is 1.30 bits per heavy atom. The zero-order valence-electron chi connectivity index (χ0n) is 14.0. The summed E-state index contributed by atoms with van der Waals surface area (Å²) in [5.74, 6) is 0. The molecule has 1 unspecified atom stereocenters. The number of nitrogens with zero attached hydrogens (tertiary/aromatic N) is 2. The maximum absolute atomic E-state index is 4.38. The lowest BCUT2D eigenvalue weighted by Crippen LogP contribution is -2.46. The van der Waals surface area contributed by atoms with Crippen LogP contribution >= 0.6 is 11.3 Å². The third kappa shape index (κ3) is 6.82. The smallest absolute Gasteiger partial charge is 0.0795 e. The van der Waals surface area contributed by atoms with Gasteiger partial charge in [0.15, 0.2) is 0 Å². The highest BCUT2D eigenvalue weighted by Crippen LogP contribution is 2.25. The molecule has 0 amide bonds. The fourth-order valence-electron chi connectivity index (χ4n) is 2.61. The summed E-state index contributed by atoms with van der Waals surface area (Å²) in [6, 6.07) is 0. The minimum Gasteiger partial charge on any atom is -0.311 e. The Labute approximate surface area is 128 Å². The predicted molar refractivity (Wildman–Crippen MR) is 89.2 cm³/mol. The van der Waals surface area contributed by atoms with Gasteiger partial charge in [0.1, 0.15) is 0 Å². The van der Waals surface area contributed by atoms with Gasteiger partial charge in [-0.3, -0.25) is 4.90 Å². The van der Waals surface area contributed by atoms with Gasteiger partial charge in [-0.05, 0) is 39.7 Å². The summed E-state index contributed by atoms with van der Waals surface area (Å²) >= 11 is 1.67. The highest BCUT2D eigenvalue weighted by atomic mass is 32.1. The van der Waals surface area contributed by atoms with Gasteiger partial charge in [-0.2, -0.15) is 0 Å².